The summed E-state index contributed by atoms with van der Waals surface area (Å²) in [5.41, 5.74) is 4.75. The Balaban J connectivity index is 1.16. The molecule has 4 heterocycles. The molecule has 1 aliphatic heterocycles. The van der Waals surface area contributed by atoms with Crippen molar-refractivity contribution in [2.75, 3.05) is 38.2 Å². The number of fused-ring (bicyclic) bond motifs is 3. The van der Waals surface area contributed by atoms with Crippen LogP contribution in [0.4, 0.5) is 5.69 Å². The Morgan fingerprint density at radius 2 is 1.62 bits per heavy atom. The van der Waals surface area contributed by atoms with Crippen LogP contribution in [0.3, 0.4) is 0 Å². The van der Waals surface area contributed by atoms with Gasteiger partial charge in [0.25, 0.3) is 11.5 Å². The van der Waals surface area contributed by atoms with Gasteiger partial charge in [0.15, 0.2) is 5.65 Å². The number of nitrogens with zero attached hydrogens (tertiary/aromatic N) is 5. The summed E-state index contributed by atoms with van der Waals surface area (Å²) >= 11 is 0. The van der Waals surface area contributed by atoms with Gasteiger partial charge in [0.2, 0.25) is 0 Å². The number of ether oxygens (including phenoxy) is 1. The molecule has 0 unspecified atom stereocenters. The number of benzene rings is 2. The summed E-state index contributed by atoms with van der Waals surface area (Å²) in [6.07, 6.45) is 3.58. The molecule has 0 radical (unpaired) electrons. The third kappa shape index (κ3) is 4.20. The second-order valence-electron chi connectivity index (χ2n) is 9.18. The molecule has 0 aliphatic carbocycles. The van der Waals surface area contributed by atoms with Gasteiger partial charge in [0, 0.05) is 49.8 Å². The molecule has 1 fully saturated rings. The lowest BCUT2D eigenvalue weighted by Crippen LogP contribution is -2.48. The van der Waals surface area contributed by atoms with Crippen LogP contribution in [0.15, 0.2) is 90.0 Å². The quantitative estimate of drug-likeness (QED) is 0.374. The fraction of sp³-hybridized carbons (Fsp3) is 0.207. The third-order valence-electron chi connectivity index (χ3n) is 7.04. The first kappa shape index (κ1) is 22.8. The van der Waals surface area contributed by atoms with Crippen LogP contribution in [0.5, 0.6) is 5.75 Å². The van der Waals surface area contributed by atoms with Crippen molar-refractivity contribution >= 4 is 28.3 Å². The lowest BCUT2D eigenvalue weighted by Gasteiger charge is -2.36. The molecule has 0 atom stereocenters. The predicted octanol–water partition coefficient (Wildman–Crippen LogP) is 3.67. The number of amides is 1. The van der Waals surface area contributed by atoms with Gasteiger partial charge in [-0.05, 0) is 66.2 Å². The summed E-state index contributed by atoms with van der Waals surface area (Å²) in [5.74, 6) is 0.862. The number of pyridine rings is 1. The molecular weight excluding hydrogens is 466 g/mol. The van der Waals surface area contributed by atoms with Gasteiger partial charge in [-0.1, -0.05) is 12.1 Å². The van der Waals surface area contributed by atoms with Crippen molar-refractivity contribution < 1.29 is 9.53 Å². The van der Waals surface area contributed by atoms with Crippen molar-refractivity contribution in [1.29, 1.82) is 0 Å². The first-order valence-corrected chi connectivity index (χ1v) is 12.3. The molecule has 186 valence electrons. The molecule has 5 aromatic rings. The highest BCUT2D eigenvalue weighted by Crippen LogP contribution is 2.21. The van der Waals surface area contributed by atoms with E-state index in [4.69, 9.17) is 4.74 Å². The summed E-state index contributed by atoms with van der Waals surface area (Å²) in [7, 11) is 1.66. The lowest BCUT2D eigenvalue weighted by molar-refractivity contribution is 0.0747. The second-order valence-corrected chi connectivity index (χ2v) is 9.18. The smallest absolute Gasteiger partial charge is 0.276 e. The highest BCUT2D eigenvalue weighted by Gasteiger charge is 2.22. The third-order valence-corrected chi connectivity index (χ3v) is 7.04. The van der Waals surface area contributed by atoms with E-state index < -0.39 is 0 Å². The zero-order valence-corrected chi connectivity index (χ0v) is 20.6. The van der Waals surface area contributed by atoms with E-state index in [0.717, 1.165) is 35.6 Å². The Morgan fingerprint density at radius 1 is 0.892 bits per heavy atom. The van der Waals surface area contributed by atoms with Gasteiger partial charge in [0.1, 0.15) is 11.3 Å². The average Bonchev–Trinajstić information content (AvgIpc) is 3.46. The number of carbonyl (C=O) groups is 1. The maximum absolute atomic E-state index is 13.2. The van der Waals surface area contributed by atoms with E-state index in [1.165, 1.54) is 0 Å². The summed E-state index contributed by atoms with van der Waals surface area (Å²) in [5, 5.41) is 0. The number of carbonyl (C=O) groups excluding carboxylic acids is 1. The van der Waals surface area contributed by atoms with Crippen molar-refractivity contribution in [2.45, 2.75) is 6.54 Å². The van der Waals surface area contributed by atoms with Crippen molar-refractivity contribution in [1.82, 2.24) is 18.9 Å². The van der Waals surface area contributed by atoms with Crippen LogP contribution in [0.25, 0.3) is 16.7 Å². The van der Waals surface area contributed by atoms with Crippen LogP contribution >= 0.6 is 0 Å². The molecule has 0 bridgehead atoms. The number of methoxy groups -OCH3 is 1. The molecule has 8 nitrogen and oxygen atoms in total. The largest absolute Gasteiger partial charge is 0.497 e. The van der Waals surface area contributed by atoms with Gasteiger partial charge in [-0.25, -0.2) is 4.98 Å². The molecule has 6 rings (SSSR count). The Kier molecular flexibility index (Phi) is 5.84. The fourth-order valence-corrected chi connectivity index (χ4v) is 5.01. The van der Waals surface area contributed by atoms with E-state index in [1.807, 2.05) is 88.3 Å². The molecule has 0 N–H and O–H groups in total. The molecule has 2 aromatic carbocycles. The molecule has 3 aromatic heterocycles. The molecule has 0 spiro atoms. The van der Waals surface area contributed by atoms with Gasteiger partial charge in [-0.15, -0.1) is 0 Å². The molecule has 8 heteroatoms. The maximum Gasteiger partial charge on any atom is 0.276 e. The topological polar surface area (TPSA) is 72.1 Å². The zero-order valence-electron chi connectivity index (χ0n) is 20.6. The van der Waals surface area contributed by atoms with E-state index in [-0.39, 0.29) is 11.5 Å². The van der Waals surface area contributed by atoms with Gasteiger partial charge >= 0.3 is 0 Å². The van der Waals surface area contributed by atoms with Crippen LogP contribution in [0, 0.1) is 0 Å². The zero-order chi connectivity index (χ0) is 25.4. The minimum absolute atomic E-state index is 0.0276. The molecule has 1 saturated heterocycles. The Hall–Kier alpha value is -4.59. The highest BCUT2D eigenvalue weighted by molar-refractivity contribution is 5.94. The molecule has 1 amide bonds. The van der Waals surface area contributed by atoms with E-state index >= 15 is 0 Å². The average molecular weight is 494 g/mol. The highest BCUT2D eigenvalue weighted by atomic mass is 16.5. The number of hydrogen-bond acceptors (Lipinski definition) is 5. The van der Waals surface area contributed by atoms with Gasteiger partial charge < -0.3 is 18.9 Å². The van der Waals surface area contributed by atoms with Crippen molar-refractivity contribution in [3.63, 3.8) is 0 Å². The fourth-order valence-electron chi connectivity index (χ4n) is 5.01. The summed E-state index contributed by atoms with van der Waals surface area (Å²) < 4.78 is 8.81. The van der Waals surface area contributed by atoms with Gasteiger partial charge in [0.05, 0.1) is 19.2 Å². The monoisotopic (exact) mass is 493 g/mol. The van der Waals surface area contributed by atoms with Crippen molar-refractivity contribution in [3.05, 3.63) is 107 Å². The SMILES string of the molecule is COc1ccc(N2CCN(C(=O)c3ccc(Cn4c(=O)c5cccn5c5cccnc54)cc3)CC2)cc1. The Labute approximate surface area is 213 Å². The number of hydrogen-bond donors (Lipinski definition) is 0. The maximum atomic E-state index is 13.2. The Morgan fingerprint density at radius 3 is 2.35 bits per heavy atom. The summed E-state index contributed by atoms with van der Waals surface area (Å²) in [6, 6.07) is 23.1. The molecule has 1 aliphatic rings. The minimum atomic E-state index is -0.0916. The van der Waals surface area contributed by atoms with E-state index in [0.29, 0.717) is 36.4 Å². The Bertz CT molecular complexity index is 1630. The number of aromatic nitrogens is 3. The van der Waals surface area contributed by atoms with Crippen molar-refractivity contribution in [2.24, 2.45) is 0 Å². The lowest BCUT2D eigenvalue weighted by atomic mass is 10.1. The van der Waals surface area contributed by atoms with Crippen LogP contribution in [0.2, 0.25) is 0 Å². The standard InChI is InChI=1S/C29H27N5O3/c1-37-24-12-10-23(11-13-24)31-16-18-32(19-17-31)28(35)22-8-6-21(7-9-22)20-34-27-25(4-2-14-30-27)33-15-3-5-26(33)29(34)36/h2-15H,16-20H2,1H3. The van der Waals surface area contributed by atoms with Crippen LogP contribution in [-0.2, 0) is 6.54 Å². The van der Waals surface area contributed by atoms with Crippen LogP contribution in [-0.4, -0.2) is 58.0 Å². The molecular formula is C29H27N5O3. The first-order chi connectivity index (χ1) is 18.1. The van der Waals surface area contributed by atoms with E-state index in [1.54, 1.807) is 17.9 Å². The van der Waals surface area contributed by atoms with Crippen LogP contribution in [0.1, 0.15) is 15.9 Å². The van der Waals surface area contributed by atoms with Gasteiger partial charge in [-0.3, -0.25) is 14.2 Å². The normalized spacial score (nSPS) is 13.9. The summed E-state index contributed by atoms with van der Waals surface area (Å²) in [4.78, 5) is 35.0. The first-order valence-electron chi connectivity index (χ1n) is 12.3. The molecule has 37 heavy (non-hydrogen) atoms. The number of rotatable bonds is 5. The molecule has 0 saturated carbocycles. The number of anilines is 1. The number of piperazine rings is 1. The minimum Gasteiger partial charge on any atom is -0.497 e. The van der Waals surface area contributed by atoms with Crippen LogP contribution < -0.4 is 15.2 Å². The van der Waals surface area contributed by atoms with Gasteiger partial charge in [-0.2, -0.15) is 0 Å². The summed E-state index contributed by atoms with van der Waals surface area (Å²) in [6.45, 7) is 3.26. The second kappa shape index (κ2) is 9.46. The van der Waals surface area contributed by atoms with E-state index in [9.17, 15) is 9.59 Å². The van der Waals surface area contributed by atoms with E-state index in [2.05, 4.69) is 9.88 Å². The predicted molar refractivity (Wildman–Crippen MR) is 144 cm³/mol. The van der Waals surface area contributed by atoms with Crippen molar-refractivity contribution in [3.8, 4) is 5.75 Å².